The number of ether oxygens (including phenoxy) is 1. The number of methoxy groups -OCH3 is 1. The number of piperazine rings is 1. The minimum Gasteiger partial charge on any atom is -0.383 e. The molecule has 1 fully saturated rings. The van der Waals surface area contributed by atoms with Crippen molar-refractivity contribution in [3.8, 4) is 16.9 Å². The van der Waals surface area contributed by atoms with Gasteiger partial charge in [-0.25, -0.2) is 18.4 Å². The highest BCUT2D eigenvalue weighted by molar-refractivity contribution is 5.99. The summed E-state index contributed by atoms with van der Waals surface area (Å²) >= 11 is 0. The second-order valence-corrected chi connectivity index (χ2v) is 8.17. The van der Waals surface area contributed by atoms with Gasteiger partial charge in [-0.2, -0.15) is 4.98 Å². The van der Waals surface area contributed by atoms with E-state index in [1.165, 1.54) is 28.9 Å². The van der Waals surface area contributed by atoms with Gasteiger partial charge in [0.1, 0.15) is 17.5 Å². The van der Waals surface area contributed by atoms with Gasteiger partial charge in [0.25, 0.3) is 0 Å². The number of hydrogen-bond donors (Lipinski definition) is 1. The standard InChI is InChI=1S/C24H25F2N7O/c1-34-15-14-31-10-12-32(13-11-31)24-28-21(16-2-4-17(25)5-3-16)20-22(27)33(30-23(20)29-24)19-8-6-18(26)7-9-19/h2-9H,10-15,27H2,1H3. The first-order valence-corrected chi connectivity index (χ1v) is 11.1. The number of nitrogens with zero attached hydrogens (tertiary/aromatic N) is 6. The molecule has 10 heteroatoms. The molecule has 2 aromatic carbocycles. The molecule has 4 aromatic rings. The summed E-state index contributed by atoms with van der Waals surface area (Å²) in [5, 5.41) is 5.19. The quantitative estimate of drug-likeness (QED) is 0.468. The Balaban J connectivity index is 1.58. The van der Waals surface area contributed by atoms with E-state index in [-0.39, 0.29) is 11.6 Å². The van der Waals surface area contributed by atoms with Crippen LogP contribution >= 0.6 is 0 Å². The Morgan fingerprint density at radius 2 is 1.56 bits per heavy atom. The summed E-state index contributed by atoms with van der Waals surface area (Å²) < 4.78 is 33.8. The van der Waals surface area contributed by atoms with Crippen LogP contribution in [-0.2, 0) is 4.74 Å². The molecule has 1 aliphatic rings. The van der Waals surface area contributed by atoms with E-state index in [0.29, 0.717) is 46.4 Å². The van der Waals surface area contributed by atoms with Gasteiger partial charge >= 0.3 is 0 Å². The van der Waals surface area contributed by atoms with Crippen LogP contribution in [0.25, 0.3) is 28.0 Å². The lowest BCUT2D eigenvalue weighted by molar-refractivity contribution is 0.144. The number of rotatable bonds is 6. The van der Waals surface area contributed by atoms with Crippen LogP contribution in [0.1, 0.15) is 0 Å². The van der Waals surface area contributed by atoms with E-state index >= 15 is 0 Å². The van der Waals surface area contributed by atoms with Crippen molar-refractivity contribution in [1.29, 1.82) is 0 Å². The Kier molecular flexibility index (Phi) is 6.08. The van der Waals surface area contributed by atoms with Gasteiger partial charge in [-0.1, -0.05) is 0 Å². The summed E-state index contributed by atoms with van der Waals surface area (Å²) in [6, 6.07) is 12.0. The molecule has 8 nitrogen and oxygen atoms in total. The van der Waals surface area contributed by atoms with E-state index in [1.54, 1.807) is 31.4 Å². The average molecular weight is 466 g/mol. The van der Waals surface area contributed by atoms with Gasteiger partial charge in [-0.3, -0.25) is 4.90 Å². The van der Waals surface area contributed by atoms with E-state index in [4.69, 9.17) is 20.4 Å². The molecule has 0 radical (unpaired) electrons. The van der Waals surface area contributed by atoms with Crippen molar-refractivity contribution in [2.75, 3.05) is 57.1 Å². The smallest absolute Gasteiger partial charge is 0.228 e. The van der Waals surface area contributed by atoms with Crippen molar-refractivity contribution in [1.82, 2.24) is 24.6 Å². The number of benzene rings is 2. The third-order valence-corrected chi connectivity index (χ3v) is 6.01. The van der Waals surface area contributed by atoms with Crippen LogP contribution in [0.4, 0.5) is 20.5 Å². The largest absolute Gasteiger partial charge is 0.383 e. The summed E-state index contributed by atoms with van der Waals surface area (Å²) in [6.45, 7) is 4.81. The van der Waals surface area contributed by atoms with Crippen LogP contribution in [0.2, 0.25) is 0 Å². The Hall–Kier alpha value is -3.63. The summed E-state index contributed by atoms with van der Waals surface area (Å²) in [6.07, 6.45) is 0. The van der Waals surface area contributed by atoms with Gasteiger partial charge < -0.3 is 15.4 Å². The van der Waals surface area contributed by atoms with E-state index in [9.17, 15) is 8.78 Å². The molecule has 0 amide bonds. The number of halogens is 2. The third-order valence-electron chi connectivity index (χ3n) is 6.01. The fourth-order valence-electron chi connectivity index (χ4n) is 4.13. The summed E-state index contributed by atoms with van der Waals surface area (Å²) in [5.41, 5.74) is 8.81. The van der Waals surface area contributed by atoms with Crippen molar-refractivity contribution < 1.29 is 13.5 Å². The van der Waals surface area contributed by atoms with Crippen molar-refractivity contribution in [2.45, 2.75) is 0 Å². The fraction of sp³-hybridized carbons (Fsp3) is 0.292. The van der Waals surface area contributed by atoms with E-state index in [0.717, 1.165) is 32.7 Å². The zero-order chi connectivity index (χ0) is 23.7. The predicted molar refractivity (Wildman–Crippen MR) is 127 cm³/mol. The SMILES string of the molecule is COCCN1CCN(c2nc(-c3ccc(F)cc3)c3c(N)n(-c4ccc(F)cc4)nc3n2)CC1. The van der Waals surface area contributed by atoms with Crippen LogP contribution < -0.4 is 10.6 Å². The number of nitrogens with two attached hydrogens (primary N) is 1. The average Bonchev–Trinajstić information content (AvgIpc) is 3.20. The number of anilines is 2. The molecule has 0 bridgehead atoms. The Labute approximate surface area is 195 Å². The molecule has 2 aromatic heterocycles. The molecule has 0 saturated carbocycles. The van der Waals surface area contributed by atoms with E-state index < -0.39 is 0 Å². The summed E-state index contributed by atoms with van der Waals surface area (Å²) in [4.78, 5) is 14.0. The maximum Gasteiger partial charge on any atom is 0.228 e. The Morgan fingerprint density at radius 1 is 0.912 bits per heavy atom. The normalized spacial score (nSPS) is 14.7. The molecule has 0 atom stereocenters. The van der Waals surface area contributed by atoms with Gasteiger partial charge in [-0.15, -0.1) is 5.10 Å². The minimum absolute atomic E-state index is 0.330. The predicted octanol–water partition coefficient (Wildman–Crippen LogP) is 3.11. The number of hydrogen-bond acceptors (Lipinski definition) is 7. The number of aromatic nitrogens is 4. The molecule has 1 aliphatic heterocycles. The zero-order valence-corrected chi connectivity index (χ0v) is 18.8. The lowest BCUT2D eigenvalue weighted by Gasteiger charge is -2.34. The molecule has 1 saturated heterocycles. The van der Waals surface area contributed by atoms with Crippen molar-refractivity contribution in [2.24, 2.45) is 0 Å². The fourth-order valence-corrected chi connectivity index (χ4v) is 4.13. The molecule has 0 spiro atoms. The van der Waals surface area contributed by atoms with Crippen molar-refractivity contribution in [3.05, 3.63) is 60.2 Å². The highest BCUT2D eigenvalue weighted by Crippen LogP contribution is 2.33. The van der Waals surface area contributed by atoms with Gasteiger partial charge in [0.05, 0.1) is 23.4 Å². The summed E-state index contributed by atoms with van der Waals surface area (Å²) in [7, 11) is 1.70. The maximum absolute atomic E-state index is 13.6. The lowest BCUT2D eigenvalue weighted by Crippen LogP contribution is -2.47. The van der Waals surface area contributed by atoms with E-state index in [2.05, 4.69) is 14.9 Å². The molecule has 2 N–H and O–H groups in total. The highest BCUT2D eigenvalue weighted by Gasteiger charge is 2.24. The first-order valence-electron chi connectivity index (χ1n) is 11.1. The molecule has 0 unspecified atom stereocenters. The Morgan fingerprint density at radius 3 is 2.21 bits per heavy atom. The molecular weight excluding hydrogens is 440 g/mol. The molecular formula is C24H25F2N7O. The van der Waals surface area contributed by atoms with Gasteiger partial charge in [0.15, 0.2) is 5.65 Å². The lowest BCUT2D eigenvalue weighted by atomic mass is 10.1. The number of fused-ring (bicyclic) bond motifs is 1. The molecule has 3 heterocycles. The van der Waals surface area contributed by atoms with Crippen LogP contribution in [0, 0.1) is 11.6 Å². The molecule has 0 aliphatic carbocycles. The van der Waals surface area contributed by atoms with Gasteiger partial charge in [-0.05, 0) is 48.5 Å². The Bertz CT molecular complexity index is 1280. The number of nitrogen functional groups attached to an aromatic ring is 1. The topological polar surface area (TPSA) is 85.3 Å². The molecule has 5 rings (SSSR count). The van der Waals surface area contributed by atoms with Crippen molar-refractivity contribution >= 4 is 22.8 Å². The van der Waals surface area contributed by atoms with Crippen LogP contribution in [0.15, 0.2) is 48.5 Å². The van der Waals surface area contributed by atoms with Gasteiger partial charge in [0.2, 0.25) is 5.95 Å². The minimum atomic E-state index is -0.349. The van der Waals surface area contributed by atoms with Crippen molar-refractivity contribution in [3.63, 3.8) is 0 Å². The summed E-state index contributed by atoms with van der Waals surface area (Å²) in [5.74, 6) is 0.188. The first-order chi connectivity index (χ1) is 16.5. The second kappa shape index (κ2) is 9.32. The monoisotopic (exact) mass is 465 g/mol. The first kappa shape index (κ1) is 22.2. The van der Waals surface area contributed by atoms with Crippen LogP contribution in [-0.4, -0.2) is 71.1 Å². The maximum atomic E-state index is 13.6. The van der Waals surface area contributed by atoms with E-state index in [1.807, 2.05) is 0 Å². The molecule has 34 heavy (non-hydrogen) atoms. The van der Waals surface area contributed by atoms with Crippen LogP contribution in [0.3, 0.4) is 0 Å². The van der Waals surface area contributed by atoms with Crippen LogP contribution in [0.5, 0.6) is 0 Å². The zero-order valence-electron chi connectivity index (χ0n) is 18.8. The highest BCUT2D eigenvalue weighted by atomic mass is 19.1. The third kappa shape index (κ3) is 4.29. The second-order valence-electron chi connectivity index (χ2n) is 8.17. The van der Waals surface area contributed by atoms with Gasteiger partial charge in [0, 0.05) is 45.4 Å². The molecule has 176 valence electrons.